The number of aryl methyl sites for hydroxylation is 1. The summed E-state index contributed by atoms with van der Waals surface area (Å²) in [6, 6.07) is 27.3. The van der Waals surface area contributed by atoms with Gasteiger partial charge in [0, 0.05) is 21.6 Å². The Bertz CT molecular complexity index is 1570. The molecule has 0 saturated heterocycles. The summed E-state index contributed by atoms with van der Waals surface area (Å²) in [5.74, 6) is -0.0913. The van der Waals surface area contributed by atoms with Crippen LogP contribution >= 0.6 is 23.4 Å². The summed E-state index contributed by atoms with van der Waals surface area (Å²) in [6.45, 7) is 6.80. The molecule has 1 saturated carbocycles. The van der Waals surface area contributed by atoms with Gasteiger partial charge < -0.3 is 9.90 Å². The molecule has 0 aliphatic heterocycles. The van der Waals surface area contributed by atoms with Gasteiger partial charge in [-0.05, 0) is 95.2 Å². The summed E-state index contributed by atoms with van der Waals surface area (Å²) < 4.78 is 0. The standard InChI is InChI=1S/C36H38ClNO2S.Na/c1-35(2,3)31-10-5-4-8-26(31)14-18-33(41-24-36(19-20-36)23-34(39)40)28-9-6-7-25(21-28)11-16-30-17-13-27-12-15-29(37)22-32(27)38-30;/h4-13,15-17,21-22,33H,14,18-20,23-24H2,1-3H3,(H,39,40);/q;+1/p-1/b16-11+;/t33-;/m1./s1. The molecule has 1 fully saturated rings. The molecular weight excluding hydrogens is 569 g/mol. The number of hydrogen-bond donors (Lipinski definition) is 0. The van der Waals surface area contributed by atoms with E-state index in [2.05, 4.69) is 81.4 Å². The number of fused-ring (bicyclic) bond motifs is 1. The van der Waals surface area contributed by atoms with Gasteiger partial charge in [-0.25, -0.2) is 4.98 Å². The number of carbonyl (C=O) groups excluding carboxylic acids is 1. The molecule has 0 N–H and O–H groups in total. The Hall–Kier alpha value is -2.08. The first-order valence-electron chi connectivity index (χ1n) is 14.3. The van der Waals surface area contributed by atoms with Gasteiger partial charge in [0.05, 0.1) is 11.2 Å². The second-order valence-electron chi connectivity index (χ2n) is 12.4. The molecule has 1 aromatic heterocycles. The second kappa shape index (κ2) is 14.1. The predicted octanol–water partition coefficient (Wildman–Crippen LogP) is 5.69. The van der Waals surface area contributed by atoms with Crippen molar-refractivity contribution in [2.45, 2.75) is 63.5 Å². The number of pyridine rings is 1. The van der Waals surface area contributed by atoms with Crippen molar-refractivity contribution in [1.82, 2.24) is 4.98 Å². The number of nitrogens with zero attached hydrogens (tertiary/aromatic N) is 1. The van der Waals surface area contributed by atoms with Crippen LogP contribution in [0.4, 0.5) is 0 Å². The Balaban J connectivity index is 0.00000405. The Kier molecular flexibility index (Phi) is 11.0. The van der Waals surface area contributed by atoms with Crippen molar-refractivity contribution >= 4 is 52.4 Å². The number of carbonyl (C=O) groups is 1. The van der Waals surface area contributed by atoms with Crippen molar-refractivity contribution < 1.29 is 39.5 Å². The van der Waals surface area contributed by atoms with Crippen LogP contribution in [0.5, 0.6) is 0 Å². The van der Waals surface area contributed by atoms with Crippen LogP contribution in [0.3, 0.4) is 0 Å². The van der Waals surface area contributed by atoms with Crippen molar-refractivity contribution in [3.05, 3.63) is 112 Å². The van der Waals surface area contributed by atoms with Crippen molar-refractivity contribution in [3.8, 4) is 0 Å². The molecule has 0 bridgehead atoms. The van der Waals surface area contributed by atoms with Crippen LogP contribution in [0.2, 0.25) is 5.02 Å². The number of halogens is 1. The van der Waals surface area contributed by atoms with E-state index in [0.29, 0.717) is 5.02 Å². The normalized spacial score (nSPS) is 15.0. The topological polar surface area (TPSA) is 53.0 Å². The zero-order valence-electron chi connectivity index (χ0n) is 25.0. The molecule has 1 heterocycles. The van der Waals surface area contributed by atoms with Crippen LogP contribution in [0.1, 0.15) is 79.7 Å². The minimum atomic E-state index is -0.935. The SMILES string of the molecule is CC(C)(C)c1ccccc1CC[C@@H](SCC1(CC(=O)[O-])CC1)c1cccc(/C=C/c2ccc3ccc(Cl)cc3n2)c1.[Na+]. The maximum Gasteiger partial charge on any atom is 1.00 e. The number of thioether (sulfide) groups is 1. The Morgan fingerprint density at radius 2 is 1.79 bits per heavy atom. The molecule has 1 aliphatic carbocycles. The fraction of sp³-hybridized carbons (Fsp3) is 0.333. The van der Waals surface area contributed by atoms with Gasteiger partial charge in [0.2, 0.25) is 0 Å². The van der Waals surface area contributed by atoms with E-state index >= 15 is 0 Å². The van der Waals surface area contributed by atoms with Crippen LogP contribution in [0, 0.1) is 5.41 Å². The number of benzene rings is 3. The molecule has 6 heteroatoms. The smallest absolute Gasteiger partial charge is 0.550 e. The zero-order valence-corrected chi connectivity index (χ0v) is 28.6. The Labute approximate surface area is 281 Å². The number of rotatable bonds is 11. The van der Waals surface area contributed by atoms with Crippen LogP contribution < -0.4 is 34.7 Å². The molecule has 0 radical (unpaired) electrons. The molecule has 1 aliphatic rings. The summed E-state index contributed by atoms with van der Waals surface area (Å²) in [7, 11) is 0. The minimum Gasteiger partial charge on any atom is -0.550 e. The third kappa shape index (κ3) is 8.74. The predicted molar refractivity (Wildman–Crippen MR) is 172 cm³/mol. The summed E-state index contributed by atoms with van der Waals surface area (Å²) in [4.78, 5) is 16.2. The fourth-order valence-corrected chi connectivity index (χ4v) is 7.21. The molecular formula is C36H37ClNNaO2S. The molecule has 0 spiro atoms. The van der Waals surface area contributed by atoms with E-state index in [9.17, 15) is 9.90 Å². The van der Waals surface area contributed by atoms with Gasteiger partial charge >= 0.3 is 29.6 Å². The number of aliphatic carboxylic acids is 1. The van der Waals surface area contributed by atoms with Crippen LogP contribution in [0.15, 0.2) is 78.9 Å². The summed E-state index contributed by atoms with van der Waals surface area (Å²) in [5, 5.41) is 13.4. The van der Waals surface area contributed by atoms with Crippen molar-refractivity contribution in [2.75, 3.05) is 5.75 Å². The number of aromatic nitrogens is 1. The molecule has 3 nitrogen and oxygen atoms in total. The van der Waals surface area contributed by atoms with Crippen molar-refractivity contribution in [1.29, 1.82) is 0 Å². The number of carboxylic acid groups (broad SMARTS) is 1. The Morgan fingerprint density at radius 1 is 1.02 bits per heavy atom. The summed E-state index contributed by atoms with van der Waals surface area (Å²) >= 11 is 8.08. The van der Waals surface area contributed by atoms with E-state index in [1.54, 1.807) is 0 Å². The van der Waals surface area contributed by atoms with Gasteiger partial charge in [-0.15, -0.1) is 0 Å². The number of hydrogen-bond acceptors (Lipinski definition) is 4. The van der Waals surface area contributed by atoms with Gasteiger partial charge in [-0.2, -0.15) is 11.8 Å². The van der Waals surface area contributed by atoms with Crippen LogP contribution in [-0.2, 0) is 16.6 Å². The molecule has 4 aromatic rings. The van der Waals surface area contributed by atoms with E-state index in [0.717, 1.165) is 53.6 Å². The van der Waals surface area contributed by atoms with Crippen LogP contribution in [0.25, 0.3) is 23.1 Å². The Morgan fingerprint density at radius 3 is 2.52 bits per heavy atom. The van der Waals surface area contributed by atoms with Crippen LogP contribution in [-0.4, -0.2) is 16.7 Å². The summed E-state index contributed by atoms with van der Waals surface area (Å²) in [5.41, 5.74) is 6.91. The monoisotopic (exact) mass is 605 g/mol. The van der Waals surface area contributed by atoms with Crippen molar-refractivity contribution in [3.63, 3.8) is 0 Å². The zero-order chi connectivity index (χ0) is 29.0. The minimum absolute atomic E-state index is 0. The first-order chi connectivity index (χ1) is 19.6. The van der Waals surface area contributed by atoms with E-state index in [1.165, 1.54) is 16.7 Å². The molecule has 0 unspecified atom stereocenters. The fourth-order valence-electron chi connectivity index (χ4n) is 5.48. The molecule has 42 heavy (non-hydrogen) atoms. The molecule has 212 valence electrons. The average molecular weight is 606 g/mol. The first-order valence-corrected chi connectivity index (χ1v) is 15.8. The van der Waals surface area contributed by atoms with Gasteiger partial charge in [0.25, 0.3) is 0 Å². The molecule has 5 rings (SSSR count). The van der Waals surface area contributed by atoms with Gasteiger partial charge in [-0.3, -0.25) is 0 Å². The molecule has 1 atom stereocenters. The van der Waals surface area contributed by atoms with Gasteiger partial charge in [0.1, 0.15) is 0 Å². The third-order valence-electron chi connectivity index (χ3n) is 7.97. The first kappa shape index (κ1) is 32.8. The average Bonchev–Trinajstić information content (AvgIpc) is 3.70. The quantitative estimate of drug-likeness (QED) is 0.206. The van der Waals surface area contributed by atoms with Gasteiger partial charge in [-0.1, -0.05) is 99.1 Å². The number of carboxylic acids is 1. The summed E-state index contributed by atoms with van der Waals surface area (Å²) in [6.07, 6.45) is 8.21. The van der Waals surface area contributed by atoms with E-state index < -0.39 is 5.97 Å². The largest absolute Gasteiger partial charge is 1.00 e. The third-order valence-corrected chi connectivity index (χ3v) is 9.90. The van der Waals surface area contributed by atoms with E-state index in [-0.39, 0.29) is 52.1 Å². The molecule has 3 aromatic carbocycles. The second-order valence-corrected chi connectivity index (χ2v) is 14.0. The maximum absolute atomic E-state index is 11.4. The van der Waals surface area contributed by atoms with Gasteiger partial charge in [0.15, 0.2) is 0 Å². The van der Waals surface area contributed by atoms with E-state index in [4.69, 9.17) is 16.6 Å². The van der Waals surface area contributed by atoms with E-state index in [1.807, 2.05) is 42.1 Å². The maximum atomic E-state index is 11.4. The van der Waals surface area contributed by atoms with Crippen molar-refractivity contribution in [2.24, 2.45) is 5.41 Å². The molecule has 0 amide bonds.